The second-order valence-electron chi connectivity index (χ2n) is 7.78. The molecule has 4 rings (SSSR count). The fourth-order valence-electron chi connectivity index (χ4n) is 4.26. The van der Waals surface area contributed by atoms with Gasteiger partial charge in [-0.1, -0.05) is 6.07 Å². The van der Waals surface area contributed by atoms with E-state index in [-0.39, 0.29) is 11.4 Å². The summed E-state index contributed by atoms with van der Waals surface area (Å²) >= 11 is 0. The number of piperidine rings is 1. The maximum absolute atomic E-state index is 12.8. The predicted octanol–water partition coefficient (Wildman–Crippen LogP) is 3.71. The van der Waals surface area contributed by atoms with Crippen molar-refractivity contribution in [3.63, 3.8) is 0 Å². The van der Waals surface area contributed by atoms with Crippen LogP contribution in [0, 0.1) is 27.7 Å². The Morgan fingerprint density at radius 2 is 1.65 bits per heavy atom. The highest BCUT2D eigenvalue weighted by atomic mass is 16.5. The third kappa shape index (κ3) is 2.96. The SMILES string of the molecule is Cc1cc(C)c2c(c1)OC1(CCN(c3nc(C)cc(C)n3)CC1)CC2=O. The average molecular weight is 351 g/mol. The zero-order valence-corrected chi connectivity index (χ0v) is 15.9. The Morgan fingerprint density at radius 3 is 2.31 bits per heavy atom. The molecule has 0 atom stereocenters. The summed E-state index contributed by atoms with van der Waals surface area (Å²) in [5.74, 6) is 1.75. The summed E-state index contributed by atoms with van der Waals surface area (Å²) < 4.78 is 6.44. The van der Waals surface area contributed by atoms with Crippen LogP contribution in [0.25, 0.3) is 0 Å². The number of ketones is 1. The van der Waals surface area contributed by atoms with Crippen LogP contribution in [0.4, 0.5) is 5.95 Å². The van der Waals surface area contributed by atoms with E-state index in [0.717, 1.165) is 65.7 Å². The van der Waals surface area contributed by atoms with Gasteiger partial charge in [-0.2, -0.15) is 0 Å². The van der Waals surface area contributed by atoms with Gasteiger partial charge in [0.2, 0.25) is 5.95 Å². The first-order chi connectivity index (χ1) is 12.3. The van der Waals surface area contributed by atoms with Gasteiger partial charge >= 0.3 is 0 Å². The molecule has 2 aliphatic rings. The molecule has 0 unspecified atom stereocenters. The zero-order chi connectivity index (χ0) is 18.5. The molecule has 1 spiro atoms. The lowest BCUT2D eigenvalue weighted by molar-refractivity contribution is 0.0228. The van der Waals surface area contributed by atoms with Crippen LogP contribution in [0.1, 0.15) is 52.1 Å². The standard InChI is InChI=1S/C21H25N3O2/c1-13-9-14(2)19-17(25)12-21(26-18(19)10-13)5-7-24(8-6-21)20-22-15(3)11-16(4)23-20/h9-11H,5-8,12H2,1-4H3. The molecule has 26 heavy (non-hydrogen) atoms. The Bertz CT molecular complexity index is 863. The lowest BCUT2D eigenvalue weighted by Crippen LogP contribution is -2.51. The summed E-state index contributed by atoms with van der Waals surface area (Å²) in [6, 6.07) is 6.04. The van der Waals surface area contributed by atoms with Gasteiger partial charge in [-0.25, -0.2) is 9.97 Å². The Balaban J connectivity index is 1.56. The zero-order valence-electron chi connectivity index (χ0n) is 15.9. The summed E-state index contributed by atoms with van der Waals surface area (Å²) in [6.07, 6.45) is 2.08. The largest absolute Gasteiger partial charge is 0.486 e. The molecule has 2 aromatic rings. The molecule has 0 radical (unpaired) electrons. The van der Waals surface area contributed by atoms with E-state index >= 15 is 0 Å². The second-order valence-corrected chi connectivity index (χ2v) is 7.78. The van der Waals surface area contributed by atoms with Crippen molar-refractivity contribution in [3.05, 3.63) is 46.3 Å². The van der Waals surface area contributed by atoms with Crippen molar-refractivity contribution in [2.75, 3.05) is 18.0 Å². The molecule has 1 aromatic heterocycles. The molecule has 136 valence electrons. The Labute approximate surface area is 154 Å². The van der Waals surface area contributed by atoms with Crippen LogP contribution in [0.15, 0.2) is 18.2 Å². The van der Waals surface area contributed by atoms with Gasteiger partial charge in [0.15, 0.2) is 5.78 Å². The number of hydrogen-bond acceptors (Lipinski definition) is 5. The van der Waals surface area contributed by atoms with E-state index in [1.807, 2.05) is 39.8 Å². The van der Waals surface area contributed by atoms with Crippen molar-refractivity contribution in [3.8, 4) is 5.75 Å². The van der Waals surface area contributed by atoms with E-state index in [4.69, 9.17) is 4.74 Å². The van der Waals surface area contributed by atoms with Gasteiger partial charge in [-0.05, 0) is 51.0 Å². The van der Waals surface area contributed by atoms with E-state index in [2.05, 4.69) is 20.9 Å². The third-order valence-electron chi connectivity index (χ3n) is 5.46. The second kappa shape index (κ2) is 6.08. The molecule has 0 amide bonds. The van der Waals surface area contributed by atoms with Gasteiger partial charge in [0, 0.05) is 37.3 Å². The van der Waals surface area contributed by atoms with Crippen molar-refractivity contribution in [1.82, 2.24) is 9.97 Å². The summed E-state index contributed by atoms with van der Waals surface area (Å²) in [5.41, 5.74) is 4.49. The van der Waals surface area contributed by atoms with Crippen LogP contribution < -0.4 is 9.64 Å². The van der Waals surface area contributed by atoms with Crippen molar-refractivity contribution < 1.29 is 9.53 Å². The van der Waals surface area contributed by atoms with Gasteiger partial charge in [-0.3, -0.25) is 4.79 Å². The van der Waals surface area contributed by atoms with E-state index < -0.39 is 0 Å². The first-order valence-electron chi connectivity index (χ1n) is 9.26. The van der Waals surface area contributed by atoms with Crippen LogP contribution in [0.3, 0.4) is 0 Å². The number of ether oxygens (including phenoxy) is 1. The Hall–Kier alpha value is -2.43. The number of aromatic nitrogens is 2. The van der Waals surface area contributed by atoms with E-state index in [0.29, 0.717) is 6.42 Å². The van der Waals surface area contributed by atoms with E-state index in [9.17, 15) is 4.79 Å². The van der Waals surface area contributed by atoms with Crippen molar-refractivity contribution in [2.24, 2.45) is 0 Å². The lowest BCUT2D eigenvalue weighted by Gasteiger charge is -2.44. The quantitative estimate of drug-likeness (QED) is 0.784. The maximum Gasteiger partial charge on any atom is 0.225 e. The van der Waals surface area contributed by atoms with Crippen molar-refractivity contribution in [1.29, 1.82) is 0 Å². The van der Waals surface area contributed by atoms with Crippen LogP contribution >= 0.6 is 0 Å². The summed E-state index contributed by atoms with van der Waals surface area (Å²) in [6.45, 7) is 9.63. The summed E-state index contributed by atoms with van der Waals surface area (Å²) in [5, 5.41) is 0. The minimum Gasteiger partial charge on any atom is -0.486 e. The highest BCUT2D eigenvalue weighted by molar-refractivity contribution is 6.01. The molecule has 0 bridgehead atoms. The topological polar surface area (TPSA) is 55.3 Å². The van der Waals surface area contributed by atoms with Crippen molar-refractivity contribution >= 4 is 11.7 Å². The minimum absolute atomic E-state index is 0.208. The molecule has 0 N–H and O–H groups in total. The minimum atomic E-state index is -0.389. The number of carbonyl (C=O) groups is 1. The molecule has 1 fully saturated rings. The number of aryl methyl sites for hydroxylation is 4. The first kappa shape index (κ1) is 17.0. The van der Waals surface area contributed by atoms with Crippen LogP contribution in [-0.4, -0.2) is 34.4 Å². The van der Waals surface area contributed by atoms with Gasteiger partial charge in [0.25, 0.3) is 0 Å². The monoisotopic (exact) mass is 351 g/mol. The molecule has 1 saturated heterocycles. The summed E-state index contributed by atoms with van der Waals surface area (Å²) in [7, 11) is 0. The molecule has 0 saturated carbocycles. The average Bonchev–Trinajstić information content (AvgIpc) is 2.53. The Kier molecular flexibility index (Phi) is 3.98. The fraction of sp³-hybridized carbons (Fsp3) is 0.476. The molecule has 1 aromatic carbocycles. The third-order valence-corrected chi connectivity index (χ3v) is 5.46. The van der Waals surface area contributed by atoms with Gasteiger partial charge < -0.3 is 9.64 Å². The number of nitrogens with zero attached hydrogens (tertiary/aromatic N) is 3. The number of rotatable bonds is 1. The first-order valence-corrected chi connectivity index (χ1v) is 9.26. The van der Waals surface area contributed by atoms with Crippen LogP contribution in [-0.2, 0) is 0 Å². The fourth-order valence-corrected chi connectivity index (χ4v) is 4.26. The molecule has 5 nitrogen and oxygen atoms in total. The number of carbonyl (C=O) groups excluding carboxylic acids is 1. The number of Topliss-reactive ketones (excluding diaryl/α,β-unsaturated/α-hetero) is 1. The number of fused-ring (bicyclic) bond motifs is 1. The van der Waals surface area contributed by atoms with Crippen molar-refractivity contribution in [2.45, 2.75) is 52.6 Å². The lowest BCUT2D eigenvalue weighted by atomic mass is 9.81. The van der Waals surface area contributed by atoms with E-state index in [1.165, 1.54) is 0 Å². The Morgan fingerprint density at radius 1 is 1.00 bits per heavy atom. The summed E-state index contributed by atoms with van der Waals surface area (Å²) in [4.78, 5) is 24.2. The molecule has 5 heteroatoms. The predicted molar refractivity (Wildman–Crippen MR) is 101 cm³/mol. The highest BCUT2D eigenvalue weighted by Crippen LogP contribution is 2.41. The van der Waals surface area contributed by atoms with E-state index in [1.54, 1.807) is 0 Å². The molecular formula is C21H25N3O2. The van der Waals surface area contributed by atoms with Gasteiger partial charge in [0.1, 0.15) is 11.4 Å². The number of hydrogen-bond donors (Lipinski definition) is 0. The maximum atomic E-state index is 12.8. The molecule has 2 aliphatic heterocycles. The molecule has 3 heterocycles. The van der Waals surface area contributed by atoms with Crippen LogP contribution in [0.5, 0.6) is 5.75 Å². The highest BCUT2D eigenvalue weighted by Gasteiger charge is 2.43. The normalized spacial score (nSPS) is 18.6. The number of anilines is 1. The smallest absolute Gasteiger partial charge is 0.225 e. The molecular weight excluding hydrogens is 326 g/mol. The molecule has 0 aliphatic carbocycles. The number of benzene rings is 1. The van der Waals surface area contributed by atoms with Gasteiger partial charge in [0.05, 0.1) is 12.0 Å². The van der Waals surface area contributed by atoms with Crippen LogP contribution in [0.2, 0.25) is 0 Å². The van der Waals surface area contributed by atoms with Gasteiger partial charge in [-0.15, -0.1) is 0 Å².